The van der Waals surface area contributed by atoms with Gasteiger partial charge in [0.15, 0.2) is 11.5 Å². The average molecular weight is 416 g/mol. The Balaban J connectivity index is 1.94. The Bertz CT molecular complexity index is 1280. The summed E-state index contributed by atoms with van der Waals surface area (Å²) in [6.07, 6.45) is 0. The Morgan fingerprint density at radius 2 is 1.71 bits per heavy atom. The lowest BCUT2D eigenvalue weighted by Gasteiger charge is -2.30. The molecule has 1 aliphatic carbocycles. The maximum atomic E-state index is 12.2. The third kappa shape index (κ3) is 2.52. The molecule has 5 rings (SSSR count). The summed E-state index contributed by atoms with van der Waals surface area (Å²) in [5.74, 6) is 1.82. The summed E-state index contributed by atoms with van der Waals surface area (Å²) in [6.45, 7) is 4.65. The van der Waals surface area contributed by atoms with Crippen LogP contribution in [0.25, 0.3) is 27.7 Å². The number of fused-ring (bicyclic) bond motifs is 8. The number of hydrogen-bond donors (Lipinski definition) is 0. The molecule has 0 unspecified atom stereocenters. The van der Waals surface area contributed by atoms with Gasteiger partial charge in [-0.2, -0.15) is 0 Å². The minimum atomic E-state index is -0.397. The lowest BCUT2D eigenvalue weighted by molar-refractivity contribution is 0.0600. The molecule has 5 nitrogen and oxygen atoms in total. The Kier molecular flexibility index (Phi) is 4.26. The largest absolute Gasteiger partial charge is 0.494 e. The van der Waals surface area contributed by atoms with E-state index in [1.807, 2.05) is 30.3 Å². The highest BCUT2D eigenvalue weighted by Crippen LogP contribution is 2.58. The molecule has 0 fully saturated rings. The highest BCUT2D eigenvalue weighted by Gasteiger charge is 2.43. The summed E-state index contributed by atoms with van der Waals surface area (Å²) < 4.78 is 22.7. The van der Waals surface area contributed by atoms with Crippen molar-refractivity contribution in [1.29, 1.82) is 0 Å². The van der Waals surface area contributed by atoms with Crippen LogP contribution in [0.5, 0.6) is 5.75 Å². The van der Waals surface area contributed by atoms with Crippen molar-refractivity contribution < 1.29 is 23.7 Å². The summed E-state index contributed by atoms with van der Waals surface area (Å²) in [4.78, 5) is 12.2. The van der Waals surface area contributed by atoms with Gasteiger partial charge >= 0.3 is 5.97 Å². The molecule has 0 N–H and O–H groups in total. The zero-order valence-electron chi connectivity index (χ0n) is 18.3. The molecular weight excluding hydrogens is 392 g/mol. The number of ether oxygens (including phenoxy) is 4. The Hall–Kier alpha value is -3.47. The molecule has 3 aromatic carbocycles. The zero-order valence-corrected chi connectivity index (χ0v) is 18.3. The molecule has 0 spiro atoms. The number of hydrogen-bond acceptors (Lipinski definition) is 5. The number of methoxy groups -OCH3 is 3. The van der Waals surface area contributed by atoms with E-state index >= 15 is 0 Å². The van der Waals surface area contributed by atoms with Crippen molar-refractivity contribution in [2.75, 3.05) is 27.9 Å². The lowest BCUT2D eigenvalue weighted by Crippen LogP contribution is -2.22. The number of carbonyl (C=O) groups excluding carboxylic acids is 1. The topological polar surface area (TPSA) is 54.0 Å². The van der Waals surface area contributed by atoms with Crippen LogP contribution in [0.4, 0.5) is 0 Å². The van der Waals surface area contributed by atoms with Gasteiger partial charge in [-0.05, 0) is 39.8 Å². The van der Waals surface area contributed by atoms with Gasteiger partial charge in [0, 0.05) is 10.8 Å². The Morgan fingerprint density at radius 1 is 0.968 bits per heavy atom. The lowest BCUT2D eigenvalue weighted by atomic mass is 9.78. The van der Waals surface area contributed by atoms with Crippen LogP contribution in [0.15, 0.2) is 48.2 Å². The molecule has 158 valence electrons. The molecule has 1 heterocycles. The number of carbonyl (C=O) groups is 1. The van der Waals surface area contributed by atoms with Crippen molar-refractivity contribution in [3.05, 3.63) is 70.5 Å². The van der Waals surface area contributed by atoms with Crippen LogP contribution in [0.2, 0.25) is 0 Å². The van der Waals surface area contributed by atoms with Gasteiger partial charge in [0.05, 0.1) is 32.5 Å². The molecular formula is C26H24O5. The normalized spacial score (nSPS) is 15.6. The summed E-state index contributed by atoms with van der Waals surface area (Å²) in [7, 11) is 4.70. The second kappa shape index (κ2) is 6.77. The van der Waals surface area contributed by atoms with Crippen LogP contribution in [0, 0.1) is 0 Å². The first kappa shape index (κ1) is 19.5. The van der Waals surface area contributed by atoms with Crippen molar-refractivity contribution in [2.24, 2.45) is 0 Å². The predicted molar refractivity (Wildman–Crippen MR) is 119 cm³/mol. The summed E-state index contributed by atoms with van der Waals surface area (Å²) >= 11 is 0. The first-order chi connectivity index (χ1) is 14.9. The Morgan fingerprint density at radius 3 is 2.39 bits per heavy atom. The summed E-state index contributed by atoms with van der Waals surface area (Å²) in [5, 5.41) is 2.15. The average Bonchev–Trinajstić information content (AvgIpc) is 3.04. The second-order valence-corrected chi connectivity index (χ2v) is 8.33. The van der Waals surface area contributed by atoms with Crippen LogP contribution in [-0.2, 0) is 19.6 Å². The minimum absolute atomic E-state index is 0.315. The van der Waals surface area contributed by atoms with Crippen LogP contribution >= 0.6 is 0 Å². The fourth-order valence-corrected chi connectivity index (χ4v) is 5.05. The predicted octanol–water partition coefficient (Wildman–Crippen LogP) is 5.29. The van der Waals surface area contributed by atoms with E-state index in [1.165, 1.54) is 7.11 Å². The SMILES string of the molecule is COC(=O)c1ccc2c(c1)C(C)(C)c1c3c(c4ccccc4c1-2)OCC(OC)=C3OC. The first-order valence-electron chi connectivity index (χ1n) is 10.2. The monoisotopic (exact) mass is 416 g/mol. The van der Waals surface area contributed by atoms with Crippen molar-refractivity contribution in [3.63, 3.8) is 0 Å². The van der Waals surface area contributed by atoms with Crippen LogP contribution in [-0.4, -0.2) is 33.9 Å². The van der Waals surface area contributed by atoms with E-state index in [2.05, 4.69) is 26.0 Å². The number of esters is 1. The maximum Gasteiger partial charge on any atom is 0.337 e. The van der Waals surface area contributed by atoms with Gasteiger partial charge in [-0.3, -0.25) is 0 Å². The molecule has 0 atom stereocenters. The third-order valence-corrected chi connectivity index (χ3v) is 6.45. The highest BCUT2D eigenvalue weighted by atomic mass is 16.5. The molecule has 0 bridgehead atoms. The first-order valence-corrected chi connectivity index (χ1v) is 10.2. The smallest absolute Gasteiger partial charge is 0.337 e. The molecule has 0 amide bonds. The van der Waals surface area contributed by atoms with Gasteiger partial charge in [0.1, 0.15) is 12.4 Å². The summed E-state index contributed by atoms with van der Waals surface area (Å²) in [5.41, 5.74) is 5.49. The third-order valence-electron chi connectivity index (χ3n) is 6.45. The van der Waals surface area contributed by atoms with Gasteiger partial charge < -0.3 is 18.9 Å². The molecule has 2 aliphatic rings. The molecule has 1 aliphatic heterocycles. The zero-order chi connectivity index (χ0) is 21.9. The van der Waals surface area contributed by atoms with Gasteiger partial charge in [-0.1, -0.05) is 44.2 Å². The fourth-order valence-electron chi connectivity index (χ4n) is 5.05. The van der Waals surface area contributed by atoms with Gasteiger partial charge in [-0.25, -0.2) is 4.79 Å². The number of rotatable bonds is 3. The Labute approximate surface area is 181 Å². The molecule has 0 radical (unpaired) electrons. The van der Waals surface area contributed by atoms with Crippen molar-refractivity contribution >= 4 is 22.5 Å². The fraction of sp³-hybridized carbons (Fsp3) is 0.269. The van der Waals surface area contributed by atoms with Crippen LogP contribution < -0.4 is 4.74 Å². The van der Waals surface area contributed by atoms with Crippen LogP contribution in [0.3, 0.4) is 0 Å². The molecule has 0 aromatic heterocycles. The quantitative estimate of drug-likeness (QED) is 0.543. The highest BCUT2D eigenvalue weighted by molar-refractivity contribution is 6.09. The second-order valence-electron chi connectivity index (χ2n) is 8.33. The maximum absolute atomic E-state index is 12.2. The van der Waals surface area contributed by atoms with E-state index in [0.717, 1.165) is 44.3 Å². The van der Waals surface area contributed by atoms with E-state index in [-0.39, 0.29) is 5.97 Å². The van der Waals surface area contributed by atoms with Gasteiger partial charge in [-0.15, -0.1) is 0 Å². The molecule has 0 saturated carbocycles. The number of benzene rings is 3. The van der Waals surface area contributed by atoms with Gasteiger partial charge in [0.25, 0.3) is 0 Å². The molecule has 3 aromatic rings. The van der Waals surface area contributed by atoms with E-state index < -0.39 is 5.41 Å². The summed E-state index contributed by atoms with van der Waals surface area (Å²) in [6, 6.07) is 14.0. The molecule has 5 heteroatoms. The van der Waals surface area contributed by atoms with E-state index in [9.17, 15) is 4.79 Å². The molecule has 31 heavy (non-hydrogen) atoms. The van der Waals surface area contributed by atoms with Crippen molar-refractivity contribution in [2.45, 2.75) is 19.3 Å². The standard InChI is InChI=1S/C26H24O5/c1-26(2)18-12-14(25(27)30-5)10-11-17(18)20-15-8-6-7-9-16(15)23-21(22(20)26)24(29-4)19(28-3)13-31-23/h6-12H,13H2,1-5H3. The minimum Gasteiger partial charge on any atom is -0.494 e. The van der Waals surface area contributed by atoms with E-state index in [4.69, 9.17) is 18.9 Å². The van der Waals surface area contributed by atoms with Crippen molar-refractivity contribution in [3.8, 4) is 16.9 Å². The van der Waals surface area contributed by atoms with Crippen molar-refractivity contribution in [1.82, 2.24) is 0 Å². The molecule has 0 saturated heterocycles. The van der Waals surface area contributed by atoms with Crippen LogP contribution in [0.1, 0.15) is 40.9 Å². The van der Waals surface area contributed by atoms with Gasteiger partial charge in [0.2, 0.25) is 0 Å². The van der Waals surface area contributed by atoms with E-state index in [1.54, 1.807) is 14.2 Å². The van der Waals surface area contributed by atoms with E-state index in [0.29, 0.717) is 23.7 Å².